The summed E-state index contributed by atoms with van der Waals surface area (Å²) >= 11 is 0. The Morgan fingerprint density at radius 3 is 2.85 bits per heavy atom. The number of fused-ring (bicyclic) bond motifs is 1. The van der Waals surface area contributed by atoms with Crippen molar-refractivity contribution in [3.05, 3.63) is 23.8 Å². The minimum atomic E-state index is -0.270. The average Bonchev–Trinajstić information content (AvgIpc) is 2.93. The number of aliphatic hydroxyl groups is 1. The van der Waals surface area contributed by atoms with E-state index in [4.69, 9.17) is 9.47 Å². The first-order valence-corrected chi connectivity index (χ1v) is 6.82. The Labute approximate surface area is 117 Å². The molecular weight excluding hydrogens is 260 g/mol. The van der Waals surface area contributed by atoms with Crippen LogP contribution in [0.4, 0.5) is 4.79 Å². The van der Waals surface area contributed by atoms with Crippen LogP contribution in [0.2, 0.25) is 0 Å². The van der Waals surface area contributed by atoms with E-state index in [0.717, 1.165) is 17.1 Å². The van der Waals surface area contributed by atoms with Crippen LogP contribution in [0, 0.1) is 0 Å². The van der Waals surface area contributed by atoms with Crippen molar-refractivity contribution in [2.45, 2.75) is 25.5 Å². The zero-order valence-electron chi connectivity index (χ0n) is 11.2. The van der Waals surface area contributed by atoms with E-state index >= 15 is 0 Å². The largest absolute Gasteiger partial charge is 0.454 e. The summed E-state index contributed by atoms with van der Waals surface area (Å²) in [6, 6.07) is 5.55. The molecule has 0 spiro atoms. The molecule has 2 aliphatic heterocycles. The second-order valence-corrected chi connectivity index (χ2v) is 5.06. The lowest BCUT2D eigenvalue weighted by Crippen LogP contribution is -2.45. The molecule has 0 saturated carbocycles. The van der Waals surface area contributed by atoms with Gasteiger partial charge < -0.3 is 24.8 Å². The van der Waals surface area contributed by atoms with Gasteiger partial charge in [-0.05, 0) is 30.5 Å². The Morgan fingerprint density at radius 2 is 2.05 bits per heavy atom. The maximum absolute atomic E-state index is 12.0. The fourth-order valence-corrected chi connectivity index (χ4v) is 2.41. The van der Waals surface area contributed by atoms with Crippen molar-refractivity contribution in [3.63, 3.8) is 0 Å². The number of ether oxygens (including phenoxy) is 2. The number of rotatable bonds is 2. The first-order chi connectivity index (χ1) is 9.72. The molecule has 0 atom stereocenters. The predicted molar refractivity (Wildman–Crippen MR) is 71.6 cm³/mol. The zero-order chi connectivity index (χ0) is 13.9. The number of carbonyl (C=O) groups excluding carboxylic acids is 1. The lowest BCUT2D eigenvalue weighted by molar-refractivity contribution is 0.0936. The van der Waals surface area contributed by atoms with Gasteiger partial charge in [0.05, 0.1) is 6.10 Å². The Hall–Kier alpha value is -1.95. The maximum Gasteiger partial charge on any atom is 0.317 e. The van der Waals surface area contributed by atoms with E-state index < -0.39 is 0 Å². The number of benzene rings is 1. The van der Waals surface area contributed by atoms with Crippen molar-refractivity contribution in [1.82, 2.24) is 10.2 Å². The normalized spacial score (nSPS) is 18.1. The van der Waals surface area contributed by atoms with E-state index in [1.165, 1.54) is 0 Å². The zero-order valence-corrected chi connectivity index (χ0v) is 11.2. The fourth-order valence-electron chi connectivity index (χ4n) is 2.41. The summed E-state index contributed by atoms with van der Waals surface area (Å²) in [4.78, 5) is 13.7. The molecule has 2 heterocycles. The van der Waals surface area contributed by atoms with E-state index in [0.29, 0.717) is 32.5 Å². The monoisotopic (exact) mass is 278 g/mol. The van der Waals surface area contributed by atoms with Gasteiger partial charge in [-0.2, -0.15) is 0 Å². The van der Waals surface area contributed by atoms with Gasteiger partial charge in [0, 0.05) is 19.6 Å². The number of urea groups is 1. The molecule has 20 heavy (non-hydrogen) atoms. The Kier molecular flexibility index (Phi) is 3.64. The van der Waals surface area contributed by atoms with E-state index in [-0.39, 0.29) is 18.9 Å². The SMILES string of the molecule is O=C(NCc1ccc2c(c1)OCO2)N1CCC(O)CC1. The van der Waals surface area contributed by atoms with Gasteiger partial charge in [-0.1, -0.05) is 6.07 Å². The molecule has 108 valence electrons. The summed E-state index contributed by atoms with van der Waals surface area (Å²) in [5, 5.41) is 12.3. The molecular formula is C14H18N2O4. The van der Waals surface area contributed by atoms with Crippen molar-refractivity contribution in [2.24, 2.45) is 0 Å². The van der Waals surface area contributed by atoms with Gasteiger partial charge in [-0.25, -0.2) is 4.79 Å². The summed E-state index contributed by atoms with van der Waals surface area (Å²) in [5.74, 6) is 1.46. The van der Waals surface area contributed by atoms with Crippen molar-refractivity contribution in [2.75, 3.05) is 19.9 Å². The third-order valence-electron chi connectivity index (χ3n) is 3.63. The predicted octanol–water partition coefficient (Wildman–Crippen LogP) is 1.08. The highest BCUT2D eigenvalue weighted by molar-refractivity contribution is 5.74. The molecule has 1 fully saturated rings. The molecule has 6 nitrogen and oxygen atoms in total. The minimum absolute atomic E-state index is 0.0884. The molecule has 0 radical (unpaired) electrons. The van der Waals surface area contributed by atoms with Gasteiger partial charge in [0.15, 0.2) is 11.5 Å². The van der Waals surface area contributed by atoms with Crippen LogP contribution in [-0.2, 0) is 6.54 Å². The average molecular weight is 278 g/mol. The third-order valence-corrected chi connectivity index (χ3v) is 3.63. The van der Waals surface area contributed by atoms with Crippen molar-refractivity contribution >= 4 is 6.03 Å². The van der Waals surface area contributed by atoms with Gasteiger partial charge >= 0.3 is 6.03 Å². The second kappa shape index (κ2) is 5.58. The number of hydrogen-bond donors (Lipinski definition) is 2. The highest BCUT2D eigenvalue weighted by Crippen LogP contribution is 2.32. The van der Waals surface area contributed by atoms with Gasteiger partial charge in [0.1, 0.15) is 0 Å². The number of carbonyl (C=O) groups is 1. The fraction of sp³-hybridized carbons (Fsp3) is 0.500. The third kappa shape index (κ3) is 2.80. The van der Waals surface area contributed by atoms with Gasteiger partial charge in [-0.3, -0.25) is 0 Å². The van der Waals surface area contributed by atoms with Gasteiger partial charge in [0.25, 0.3) is 0 Å². The van der Waals surface area contributed by atoms with E-state index in [2.05, 4.69) is 5.32 Å². The standard InChI is InChI=1S/C14H18N2O4/c17-11-3-5-16(6-4-11)14(18)15-8-10-1-2-12-13(7-10)20-9-19-12/h1-2,7,11,17H,3-6,8-9H2,(H,15,18). The molecule has 1 aromatic rings. The molecule has 6 heteroatoms. The van der Waals surface area contributed by atoms with Crippen LogP contribution < -0.4 is 14.8 Å². The summed E-state index contributed by atoms with van der Waals surface area (Å²) in [6.07, 6.45) is 1.03. The van der Waals surface area contributed by atoms with Crippen LogP contribution in [0.15, 0.2) is 18.2 Å². The molecule has 2 N–H and O–H groups in total. The maximum atomic E-state index is 12.0. The Morgan fingerprint density at radius 1 is 1.30 bits per heavy atom. The van der Waals surface area contributed by atoms with E-state index in [1.807, 2.05) is 18.2 Å². The number of nitrogens with one attached hydrogen (secondary N) is 1. The topological polar surface area (TPSA) is 71.0 Å². The highest BCUT2D eigenvalue weighted by Gasteiger charge is 2.21. The van der Waals surface area contributed by atoms with Crippen molar-refractivity contribution < 1.29 is 19.4 Å². The molecule has 0 unspecified atom stereocenters. The van der Waals surface area contributed by atoms with Crippen LogP contribution in [-0.4, -0.2) is 42.0 Å². The molecule has 1 saturated heterocycles. The number of piperidine rings is 1. The first kappa shape index (κ1) is 13.1. The van der Waals surface area contributed by atoms with E-state index in [9.17, 15) is 9.90 Å². The summed E-state index contributed by atoms with van der Waals surface area (Å²) in [5.41, 5.74) is 0.972. The molecule has 1 aromatic carbocycles. The lowest BCUT2D eigenvalue weighted by atomic mass is 10.1. The van der Waals surface area contributed by atoms with Crippen LogP contribution in [0.5, 0.6) is 11.5 Å². The van der Waals surface area contributed by atoms with Crippen LogP contribution in [0.1, 0.15) is 18.4 Å². The minimum Gasteiger partial charge on any atom is -0.454 e. The number of aliphatic hydroxyl groups excluding tert-OH is 1. The number of hydrogen-bond acceptors (Lipinski definition) is 4. The van der Waals surface area contributed by atoms with Crippen molar-refractivity contribution in [1.29, 1.82) is 0 Å². The van der Waals surface area contributed by atoms with E-state index in [1.54, 1.807) is 4.90 Å². The summed E-state index contributed by atoms with van der Waals surface area (Å²) in [7, 11) is 0. The Bertz CT molecular complexity index is 498. The quantitative estimate of drug-likeness (QED) is 0.849. The molecule has 0 aromatic heterocycles. The van der Waals surface area contributed by atoms with Crippen LogP contribution >= 0.6 is 0 Å². The summed E-state index contributed by atoms with van der Waals surface area (Å²) < 4.78 is 10.5. The molecule has 0 bridgehead atoms. The molecule has 2 aliphatic rings. The van der Waals surface area contributed by atoms with Crippen LogP contribution in [0.3, 0.4) is 0 Å². The lowest BCUT2D eigenvalue weighted by Gasteiger charge is -2.29. The number of nitrogens with zero attached hydrogens (tertiary/aromatic N) is 1. The molecule has 3 rings (SSSR count). The molecule has 0 aliphatic carbocycles. The number of likely N-dealkylation sites (tertiary alicyclic amines) is 1. The Balaban J connectivity index is 1.53. The number of amides is 2. The smallest absolute Gasteiger partial charge is 0.317 e. The molecule has 2 amide bonds. The van der Waals surface area contributed by atoms with Gasteiger partial charge in [-0.15, -0.1) is 0 Å². The second-order valence-electron chi connectivity index (χ2n) is 5.06. The van der Waals surface area contributed by atoms with Crippen LogP contribution in [0.25, 0.3) is 0 Å². The first-order valence-electron chi connectivity index (χ1n) is 6.82. The summed E-state index contributed by atoms with van der Waals surface area (Å²) in [6.45, 7) is 1.91. The van der Waals surface area contributed by atoms with Crippen molar-refractivity contribution in [3.8, 4) is 11.5 Å². The van der Waals surface area contributed by atoms with Gasteiger partial charge in [0.2, 0.25) is 6.79 Å². The highest BCUT2D eigenvalue weighted by atomic mass is 16.7.